The standard InChI is InChI=1S/C16H22O6/c1-16(2)21-14(15(22-16)13(18)8-17)10-20-9-11-4-6-12(19-3)7-5-11/h4-7,14-15,17H,8-10H2,1-3H3/t14-,15-/m1/s1. The van der Waals surface area contributed by atoms with Gasteiger partial charge >= 0.3 is 0 Å². The molecule has 0 unspecified atom stereocenters. The summed E-state index contributed by atoms with van der Waals surface area (Å²) < 4.78 is 21.9. The van der Waals surface area contributed by atoms with E-state index in [1.54, 1.807) is 21.0 Å². The molecule has 0 bridgehead atoms. The molecular weight excluding hydrogens is 288 g/mol. The molecule has 1 fully saturated rings. The fourth-order valence-electron chi connectivity index (χ4n) is 2.33. The number of carbonyl (C=O) groups excluding carboxylic acids is 1. The summed E-state index contributed by atoms with van der Waals surface area (Å²) in [5.41, 5.74) is 0.990. The van der Waals surface area contributed by atoms with E-state index in [0.29, 0.717) is 6.61 Å². The van der Waals surface area contributed by atoms with Crippen LogP contribution in [0.15, 0.2) is 24.3 Å². The highest BCUT2D eigenvalue weighted by atomic mass is 16.8. The maximum atomic E-state index is 11.7. The third-order valence-corrected chi connectivity index (χ3v) is 3.37. The van der Waals surface area contributed by atoms with E-state index in [9.17, 15) is 4.79 Å². The van der Waals surface area contributed by atoms with E-state index in [1.165, 1.54) is 0 Å². The van der Waals surface area contributed by atoms with Gasteiger partial charge in [0.05, 0.1) is 20.3 Å². The number of methoxy groups -OCH3 is 1. The van der Waals surface area contributed by atoms with Crippen molar-refractivity contribution in [3.05, 3.63) is 29.8 Å². The lowest BCUT2D eigenvalue weighted by Gasteiger charge is -2.16. The van der Waals surface area contributed by atoms with Gasteiger partial charge in [0.15, 0.2) is 11.6 Å². The number of hydrogen-bond donors (Lipinski definition) is 1. The molecule has 22 heavy (non-hydrogen) atoms. The zero-order valence-electron chi connectivity index (χ0n) is 13.1. The third kappa shape index (κ3) is 4.27. The quantitative estimate of drug-likeness (QED) is 0.818. The van der Waals surface area contributed by atoms with Crippen LogP contribution in [-0.4, -0.2) is 49.2 Å². The monoisotopic (exact) mass is 310 g/mol. The summed E-state index contributed by atoms with van der Waals surface area (Å²) in [6.45, 7) is 3.50. The summed E-state index contributed by atoms with van der Waals surface area (Å²) in [6, 6.07) is 7.53. The van der Waals surface area contributed by atoms with Gasteiger partial charge in [-0.2, -0.15) is 0 Å². The number of benzene rings is 1. The first-order chi connectivity index (χ1) is 10.4. The predicted molar refractivity (Wildman–Crippen MR) is 78.6 cm³/mol. The second kappa shape index (κ2) is 7.19. The van der Waals surface area contributed by atoms with Crippen molar-refractivity contribution < 1.29 is 28.8 Å². The number of aliphatic hydroxyl groups excluding tert-OH is 1. The molecule has 1 aliphatic rings. The lowest BCUT2D eigenvalue weighted by molar-refractivity contribution is -0.158. The Morgan fingerprint density at radius 1 is 1.27 bits per heavy atom. The lowest BCUT2D eigenvalue weighted by atomic mass is 10.1. The number of rotatable bonds is 7. The number of aliphatic hydroxyl groups is 1. The Labute approximate surface area is 129 Å². The van der Waals surface area contributed by atoms with Crippen LogP contribution >= 0.6 is 0 Å². The van der Waals surface area contributed by atoms with Gasteiger partial charge in [0.1, 0.15) is 24.6 Å². The van der Waals surface area contributed by atoms with Crippen molar-refractivity contribution in [1.82, 2.24) is 0 Å². The molecule has 2 rings (SSSR count). The molecule has 122 valence electrons. The van der Waals surface area contributed by atoms with Crippen LogP contribution in [0.4, 0.5) is 0 Å². The molecule has 0 radical (unpaired) electrons. The SMILES string of the molecule is COc1ccc(COC[C@H]2OC(C)(C)O[C@@H]2C(=O)CO)cc1. The van der Waals surface area contributed by atoms with E-state index in [-0.39, 0.29) is 6.61 Å². The molecule has 0 aromatic heterocycles. The maximum absolute atomic E-state index is 11.7. The molecule has 1 aliphatic heterocycles. The van der Waals surface area contributed by atoms with Crippen LogP contribution in [-0.2, 0) is 25.6 Å². The van der Waals surface area contributed by atoms with Crippen molar-refractivity contribution in [1.29, 1.82) is 0 Å². The van der Waals surface area contributed by atoms with E-state index >= 15 is 0 Å². The Bertz CT molecular complexity index is 496. The van der Waals surface area contributed by atoms with Crippen LogP contribution in [0, 0.1) is 0 Å². The van der Waals surface area contributed by atoms with Gasteiger partial charge in [0, 0.05) is 0 Å². The van der Waals surface area contributed by atoms with Gasteiger partial charge in [-0.25, -0.2) is 0 Å². The zero-order chi connectivity index (χ0) is 16.2. The van der Waals surface area contributed by atoms with Crippen LogP contribution < -0.4 is 4.74 Å². The van der Waals surface area contributed by atoms with Crippen LogP contribution in [0.25, 0.3) is 0 Å². The second-order valence-electron chi connectivity index (χ2n) is 5.58. The van der Waals surface area contributed by atoms with Gasteiger partial charge in [-0.1, -0.05) is 12.1 Å². The molecule has 0 aliphatic carbocycles. The minimum Gasteiger partial charge on any atom is -0.497 e. The highest BCUT2D eigenvalue weighted by Crippen LogP contribution is 2.29. The smallest absolute Gasteiger partial charge is 0.189 e. The van der Waals surface area contributed by atoms with Gasteiger partial charge in [-0.15, -0.1) is 0 Å². The number of hydrogen-bond acceptors (Lipinski definition) is 6. The largest absolute Gasteiger partial charge is 0.497 e. The van der Waals surface area contributed by atoms with Gasteiger partial charge in [0.2, 0.25) is 0 Å². The van der Waals surface area contributed by atoms with Crippen molar-refractivity contribution in [2.45, 2.75) is 38.4 Å². The maximum Gasteiger partial charge on any atom is 0.189 e. The summed E-state index contributed by atoms with van der Waals surface area (Å²) in [7, 11) is 1.61. The first-order valence-corrected chi connectivity index (χ1v) is 7.15. The topological polar surface area (TPSA) is 74.2 Å². The number of ether oxygens (including phenoxy) is 4. The molecule has 1 saturated heterocycles. The van der Waals surface area contributed by atoms with E-state index in [0.717, 1.165) is 11.3 Å². The summed E-state index contributed by atoms with van der Waals surface area (Å²) >= 11 is 0. The molecule has 1 aromatic carbocycles. The van der Waals surface area contributed by atoms with Crippen LogP contribution in [0.3, 0.4) is 0 Å². The van der Waals surface area contributed by atoms with Gasteiger partial charge in [-0.3, -0.25) is 4.79 Å². The summed E-state index contributed by atoms with van der Waals surface area (Å²) in [6.07, 6.45) is -1.32. The molecule has 0 spiro atoms. The van der Waals surface area contributed by atoms with Crippen molar-refractivity contribution in [3.63, 3.8) is 0 Å². The fraction of sp³-hybridized carbons (Fsp3) is 0.562. The number of carbonyl (C=O) groups is 1. The Hall–Kier alpha value is -1.47. The summed E-state index contributed by atoms with van der Waals surface area (Å²) in [5, 5.41) is 9.00. The number of Topliss-reactive ketones (excluding diaryl/α,β-unsaturated/α-hetero) is 1. The minimum absolute atomic E-state index is 0.214. The lowest BCUT2D eigenvalue weighted by Crippen LogP contribution is -2.36. The van der Waals surface area contributed by atoms with Crippen molar-refractivity contribution in [3.8, 4) is 5.75 Å². The normalized spacial score (nSPS) is 23.5. The van der Waals surface area contributed by atoms with Gasteiger partial charge in [0.25, 0.3) is 0 Å². The summed E-state index contributed by atoms with van der Waals surface area (Å²) in [5.74, 6) is -0.473. The highest BCUT2D eigenvalue weighted by Gasteiger charge is 2.44. The minimum atomic E-state index is -0.858. The number of ketones is 1. The van der Waals surface area contributed by atoms with Crippen LogP contribution in [0.2, 0.25) is 0 Å². The average molecular weight is 310 g/mol. The van der Waals surface area contributed by atoms with Crippen molar-refractivity contribution >= 4 is 5.78 Å². The van der Waals surface area contributed by atoms with E-state index in [4.69, 9.17) is 24.1 Å². The van der Waals surface area contributed by atoms with Crippen molar-refractivity contribution in [2.24, 2.45) is 0 Å². The van der Waals surface area contributed by atoms with E-state index < -0.39 is 30.4 Å². The average Bonchev–Trinajstić information content (AvgIpc) is 2.82. The molecule has 1 N–H and O–H groups in total. The van der Waals surface area contributed by atoms with Gasteiger partial charge in [-0.05, 0) is 31.5 Å². The molecule has 2 atom stereocenters. The Morgan fingerprint density at radius 3 is 2.55 bits per heavy atom. The molecule has 1 heterocycles. The van der Waals surface area contributed by atoms with Crippen LogP contribution in [0.5, 0.6) is 5.75 Å². The molecule has 1 aromatic rings. The first-order valence-electron chi connectivity index (χ1n) is 7.15. The van der Waals surface area contributed by atoms with E-state index in [2.05, 4.69) is 0 Å². The van der Waals surface area contributed by atoms with Gasteiger partial charge < -0.3 is 24.1 Å². The Balaban J connectivity index is 1.87. The van der Waals surface area contributed by atoms with Crippen molar-refractivity contribution in [2.75, 3.05) is 20.3 Å². The molecular formula is C16H22O6. The van der Waals surface area contributed by atoms with Crippen LogP contribution in [0.1, 0.15) is 19.4 Å². The summed E-state index contributed by atoms with van der Waals surface area (Å²) in [4.78, 5) is 11.7. The molecule has 6 heteroatoms. The van der Waals surface area contributed by atoms with E-state index in [1.807, 2.05) is 24.3 Å². The first kappa shape index (κ1) is 16.9. The Morgan fingerprint density at radius 2 is 1.95 bits per heavy atom. The highest BCUT2D eigenvalue weighted by molar-refractivity contribution is 5.85. The predicted octanol–water partition coefficient (Wildman–Crippen LogP) is 1.29. The molecule has 6 nitrogen and oxygen atoms in total. The molecule has 0 amide bonds. The third-order valence-electron chi connectivity index (χ3n) is 3.37. The zero-order valence-corrected chi connectivity index (χ0v) is 13.1. The molecule has 0 saturated carbocycles. The second-order valence-corrected chi connectivity index (χ2v) is 5.58. The Kier molecular flexibility index (Phi) is 5.52. The fourth-order valence-corrected chi connectivity index (χ4v) is 2.33.